The summed E-state index contributed by atoms with van der Waals surface area (Å²) in [7, 11) is 0. The molecule has 1 heteroatoms. The van der Waals surface area contributed by atoms with Gasteiger partial charge in [0.15, 0.2) is 0 Å². The van der Waals surface area contributed by atoms with Crippen molar-refractivity contribution in [1.82, 2.24) is 0 Å². The fraction of sp³-hybridized carbons (Fsp3) is 0.846. The van der Waals surface area contributed by atoms with E-state index in [9.17, 15) is 0 Å². The van der Waals surface area contributed by atoms with E-state index in [0.717, 1.165) is 5.92 Å². The van der Waals surface area contributed by atoms with Gasteiger partial charge in [0.1, 0.15) is 0 Å². The van der Waals surface area contributed by atoms with Crippen LogP contribution in [0.3, 0.4) is 0 Å². The van der Waals surface area contributed by atoms with Crippen LogP contribution >= 0.6 is 11.8 Å². The molecule has 0 saturated heterocycles. The van der Waals surface area contributed by atoms with Gasteiger partial charge in [-0.25, -0.2) is 0 Å². The summed E-state index contributed by atoms with van der Waals surface area (Å²) >= 11 is 2.03. The summed E-state index contributed by atoms with van der Waals surface area (Å²) in [4.78, 5) is 0. The topological polar surface area (TPSA) is 0 Å². The molecule has 0 nitrogen and oxygen atoms in total. The van der Waals surface area contributed by atoms with Gasteiger partial charge in [-0.2, -0.15) is 0 Å². The molecule has 1 heterocycles. The van der Waals surface area contributed by atoms with Crippen LogP contribution in [0.1, 0.15) is 53.9 Å². The van der Waals surface area contributed by atoms with Crippen molar-refractivity contribution in [1.29, 1.82) is 0 Å². The molecule has 0 aromatic rings. The van der Waals surface area contributed by atoms with Crippen molar-refractivity contribution >= 4 is 11.8 Å². The Bertz CT molecular complexity index is 221. The Morgan fingerprint density at radius 2 is 1.93 bits per heavy atom. The molecule has 0 aromatic heterocycles. The second-order valence-electron chi connectivity index (χ2n) is 5.20. The van der Waals surface area contributed by atoms with Crippen LogP contribution in [0.2, 0.25) is 0 Å². The molecule has 0 amide bonds. The van der Waals surface area contributed by atoms with E-state index in [1.807, 2.05) is 11.8 Å². The zero-order valence-electron chi connectivity index (χ0n) is 10.3. The second kappa shape index (κ2) is 4.30. The third-order valence-electron chi connectivity index (χ3n) is 4.13. The molecule has 3 unspecified atom stereocenters. The summed E-state index contributed by atoms with van der Waals surface area (Å²) in [6, 6.07) is 0. The maximum atomic E-state index is 2.43. The minimum Gasteiger partial charge on any atom is -0.128 e. The second-order valence-corrected chi connectivity index (χ2v) is 6.64. The lowest BCUT2D eigenvalue weighted by atomic mass is 9.75. The zero-order valence-corrected chi connectivity index (χ0v) is 11.1. The number of rotatable bonds is 2. The van der Waals surface area contributed by atoms with Gasteiger partial charge in [-0.3, -0.25) is 0 Å². The minimum absolute atomic E-state index is 0.430. The van der Waals surface area contributed by atoms with Gasteiger partial charge in [0, 0.05) is 4.75 Å². The fourth-order valence-corrected chi connectivity index (χ4v) is 3.34. The van der Waals surface area contributed by atoms with Crippen molar-refractivity contribution in [3.05, 3.63) is 11.5 Å². The standard InChI is InChI=1S/C13H24S/c1-6-12(4)8-9-14-13(5,7-2)11(3)10-12/h8-9,11H,6-7,10H2,1-5H3. The predicted molar refractivity (Wildman–Crippen MR) is 67.6 cm³/mol. The van der Waals surface area contributed by atoms with E-state index in [1.165, 1.54) is 19.3 Å². The number of hydrogen-bond acceptors (Lipinski definition) is 1. The first-order valence-corrected chi connectivity index (χ1v) is 6.69. The average Bonchev–Trinajstić information content (AvgIpc) is 2.27. The van der Waals surface area contributed by atoms with Gasteiger partial charge < -0.3 is 0 Å². The third kappa shape index (κ3) is 2.36. The van der Waals surface area contributed by atoms with Crippen molar-refractivity contribution in [3.63, 3.8) is 0 Å². The molecule has 0 N–H and O–H groups in total. The Morgan fingerprint density at radius 3 is 2.43 bits per heavy atom. The lowest BCUT2D eigenvalue weighted by molar-refractivity contribution is 0.271. The number of allylic oxidation sites excluding steroid dienone is 1. The van der Waals surface area contributed by atoms with E-state index < -0.39 is 0 Å². The van der Waals surface area contributed by atoms with Gasteiger partial charge in [0.05, 0.1) is 0 Å². The SMILES string of the molecule is CCC1(C)C=CSC(C)(CC)C(C)C1. The van der Waals surface area contributed by atoms with Crippen molar-refractivity contribution < 1.29 is 0 Å². The van der Waals surface area contributed by atoms with Gasteiger partial charge >= 0.3 is 0 Å². The highest BCUT2D eigenvalue weighted by molar-refractivity contribution is 8.03. The summed E-state index contributed by atoms with van der Waals surface area (Å²) in [5.41, 5.74) is 0.430. The molecule has 1 rings (SSSR count). The molecule has 14 heavy (non-hydrogen) atoms. The molecule has 82 valence electrons. The lowest BCUT2D eigenvalue weighted by Crippen LogP contribution is -2.30. The van der Waals surface area contributed by atoms with Crippen molar-refractivity contribution in [3.8, 4) is 0 Å². The van der Waals surface area contributed by atoms with Gasteiger partial charge in [-0.15, -0.1) is 11.8 Å². The zero-order chi connectivity index (χ0) is 10.8. The van der Waals surface area contributed by atoms with Crippen molar-refractivity contribution in [2.24, 2.45) is 11.3 Å². The molecular formula is C13H24S. The highest BCUT2D eigenvalue weighted by Gasteiger charge is 2.35. The Hall–Kier alpha value is 0.0900. The molecule has 0 fully saturated rings. The summed E-state index contributed by atoms with van der Waals surface area (Å²) in [6.07, 6.45) is 6.28. The maximum Gasteiger partial charge on any atom is 0.0196 e. The first kappa shape index (κ1) is 12.2. The summed E-state index contributed by atoms with van der Waals surface area (Å²) in [5.74, 6) is 0.803. The van der Waals surface area contributed by atoms with Gasteiger partial charge in [0.25, 0.3) is 0 Å². The fourth-order valence-electron chi connectivity index (χ4n) is 2.15. The highest BCUT2D eigenvalue weighted by atomic mass is 32.2. The molecule has 0 saturated carbocycles. The molecule has 0 spiro atoms. The van der Waals surface area contributed by atoms with E-state index in [4.69, 9.17) is 0 Å². The van der Waals surface area contributed by atoms with Crippen molar-refractivity contribution in [2.75, 3.05) is 0 Å². The highest BCUT2D eigenvalue weighted by Crippen LogP contribution is 2.47. The summed E-state index contributed by atoms with van der Waals surface area (Å²) in [5, 5.41) is 2.34. The van der Waals surface area contributed by atoms with Crippen LogP contribution in [0, 0.1) is 11.3 Å². The van der Waals surface area contributed by atoms with Crippen LogP contribution in [0.25, 0.3) is 0 Å². The Labute approximate surface area is 93.5 Å². The van der Waals surface area contributed by atoms with Crippen LogP contribution < -0.4 is 0 Å². The van der Waals surface area contributed by atoms with Crippen LogP contribution in [0.4, 0.5) is 0 Å². The number of thioether (sulfide) groups is 1. The number of hydrogen-bond donors (Lipinski definition) is 0. The first-order chi connectivity index (χ1) is 6.46. The van der Waals surface area contributed by atoms with E-state index >= 15 is 0 Å². The smallest absolute Gasteiger partial charge is 0.0196 e. The lowest BCUT2D eigenvalue weighted by Gasteiger charge is -2.35. The molecule has 0 radical (unpaired) electrons. The Morgan fingerprint density at radius 1 is 1.29 bits per heavy atom. The molecule has 0 aromatic carbocycles. The molecule has 0 bridgehead atoms. The van der Waals surface area contributed by atoms with Crippen LogP contribution in [0.15, 0.2) is 11.5 Å². The minimum atomic E-state index is 0.430. The van der Waals surface area contributed by atoms with Crippen LogP contribution in [-0.4, -0.2) is 4.75 Å². The largest absolute Gasteiger partial charge is 0.128 e. The van der Waals surface area contributed by atoms with Crippen LogP contribution in [0.5, 0.6) is 0 Å². The van der Waals surface area contributed by atoms with Gasteiger partial charge in [-0.05, 0) is 42.9 Å². The monoisotopic (exact) mass is 212 g/mol. The molecule has 0 aliphatic carbocycles. The van der Waals surface area contributed by atoms with Crippen LogP contribution in [-0.2, 0) is 0 Å². The Kier molecular flexibility index (Phi) is 3.74. The average molecular weight is 212 g/mol. The van der Waals surface area contributed by atoms with E-state index in [0.29, 0.717) is 10.2 Å². The third-order valence-corrected chi connectivity index (χ3v) is 5.63. The predicted octanol–water partition coefficient (Wildman–Crippen LogP) is 4.86. The normalized spacial score (nSPS) is 43.6. The maximum absolute atomic E-state index is 2.43. The first-order valence-electron chi connectivity index (χ1n) is 5.81. The molecule has 3 atom stereocenters. The van der Waals surface area contributed by atoms with Crippen molar-refractivity contribution in [2.45, 2.75) is 58.6 Å². The van der Waals surface area contributed by atoms with E-state index in [-0.39, 0.29) is 0 Å². The Balaban J connectivity index is 2.84. The van der Waals surface area contributed by atoms with E-state index in [1.54, 1.807) is 0 Å². The molecular weight excluding hydrogens is 188 g/mol. The molecule has 1 aliphatic heterocycles. The molecule has 1 aliphatic rings. The summed E-state index contributed by atoms with van der Waals surface area (Å²) < 4.78 is 0.448. The van der Waals surface area contributed by atoms with Gasteiger partial charge in [-0.1, -0.05) is 33.8 Å². The quantitative estimate of drug-likeness (QED) is 0.630. The summed E-state index contributed by atoms with van der Waals surface area (Å²) in [6.45, 7) is 11.8. The van der Waals surface area contributed by atoms with E-state index in [2.05, 4.69) is 46.1 Å². The van der Waals surface area contributed by atoms with Gasteiger partial charge in [0.2, 0.25) is 0 Å².